The third-order valence-electron chi connectivity index (χ3n) is 2.23. The van der Waals surface area contributed by atoms with Gasteiger partial charge in [-0.15, -0.1) is 23.1 Å². The lowest BCUT2D eigenvalue weighted by atomic mass is 10.1. The highest BCUT2D eigenvalue weighted by Crippen LogP contribution is 2.35. The molecule has 0 bridgehead atoms. The zero-order chi connectivity index (χ0) is 10.1. The standard InChI is InChI=1S/C11H11BrS2/c1-7-3-9-8(5-12)6-14-11(9)10(4-7)13-2/h3-4,6H,5H2,1-2H3. The number of halogens is 1. The molecule has 0 atom stereocenters. The van der Waals surface area contributed by atoms with Gasteiger partial charge in [0.05, 0.1) is 0 Å². The highest BCUT2D eigenvalue weighted by molar-refractivity contribution is 9.08. The SMILES string of the molecule is CSc1cc(C)cc2c(CBr)csc12. The van der Waals surface area contributed by atoms with Crippen LogP contribution in [0.1, 0.15) is 11.1 Å². The molecule has 0 fully saturated rings. The van der Waals surface area contributed by atoms with Crippen molar-refractivity contribution in [3.63, 3.8) is 0 Å². The normalized spacial score (nSPS) is 11.1. The van der Waals surface area contributed by atoms with E-state index in [0.29, 0.717) is 0 Å². The van der Waals surface area contributed by atoms with Crippen molar-refractivity contribution in [1.82, 2.24) is 0 Å². The number of hydrogen-bond acceptors (Lipinski definition) is 2. The molecule has 0 N–H and O–H groups in total. The molecular formula is C11H11BrS2. The number of thiophene rings is 1. The topological polar surface area (TPSA) is 0 Å². The third-order valence-corrected chi connectivity index (χ3v) is 4.80. The lowest BCUT2D eigenvalue weighted by Crippen LogP contribution is -1.78. The van der Waals surface area contributed by atoms with Crippen molar-refractivity contribution in [3.05, 3.63) is 28.6 Å². The predicted octanol–water partition coefficient (Wildman–Crippen LogP) is 4.83. The van der Waals surface area contributed by atoms with Crippen molar-refractivity contribution in [3.8, 4) is 0 Å². The second kappa shape index (κ2) is 4.25. The fourth-order valence-corrected chi connectivity index (χ4v) is 4.18. The average Bonchev–Trinajstić information content (AvgIpc) is 2.59. The van der Waals surface area contributed by atoms with Gasteiger partial charge in [0.1, 0.15) is 0 Å². The summed E-state index contributed by atoms with van der Waals surface area (Å²) in [6, 6.07) is 4.55. The van der Waals surface area contributed by atoms with Crippen molar-refractivity contribution >= 4 is 49.1 Å². The number of rotatable bonds is 2. The minimum atomic E-state index is 0.949. The Hall–Kier alpha value is 0.01000. The summed E-state index contributed by atoms with van der Waals surface area (Å²) in [5.41, 5.74) is 2.76. The van der Waals surface area contributed by atoms with E-state index in [0.717, 1.165) is 5.33 Å². The van der Waals surface area contributed by atoms with Gasteiger partial charge >= 0.3 is 0 Å². The monoisotopic (exact) mass is 286 g/mol. The number of aryl methyl sites for hydroxylation is 1. The second-order valence-corrected chi connectivity index (χ2v) is 5.53. The van der Waals surface area contributed by atoms with E-state index in [2.05, 4.69) is 46.6 Å². The van der Waals surface area contributed by atoms with Crippen LogP contribution in [0.15, 0.2) is 22.4 Å². The molecule has 14 heavy (non-hydrogen) atoms. The van der Waals surface area contributed by atoms with Crippen LogP contribution < -0.4 is 0 Å². The minimum absolute atomic E-state index is 0.949. The molecule has 0 nitrogen and oxygen atoms in total. The van der Waals surface area contributed by atoms with E-state index in [1.807, 2.05) is 23.1 Å². The van der Waals surface area contributed by atoms with E-state index in [1.54, 1.807) is 0 Å². The molecule has 0 saturated heterocycles. The first-order valence-electron chi connectivity index (χ1n) is 4.37. The Morgan fingerprint density at radius 1 is 1.43 bits per heavy atom. The zero-order valence-electron chi connectivity index (χ0n) is 8.13. The molecule has 0 amide bonds. The van der Waals surface area contributed by atoms with Crippen LogP contribution >= 0.6 is 39.0 Å². The molecular weight excluding hydrogens is 276 g/mol. The van der Waals surface area contributed by atoms with Crippen LogP contribution in [0.2, 0.25) is 0 Å². The van der Waals surface area contributed by atoms with Gasteiger partial charge in [0.25, 0.3) is 0 Å². The van der Waals surface area contributed by atoms with E-state index >= 15 is 0 Å². The van der Waals surface area contributed by atoms with Crippen LogP contribution in [-0.2, 0) is 5.33 Å². The van der Waals surface area contributed by atoms with Gasteiger partial charge in [0.2, 0.25) is 0 Å². The van der Waals surface area contributed by atoms with Crippen molar-refractivity contribution < 1.29 is 0 Å². The molecule has 1 aromatic carbocycles. The summed E-state index contributed by atoms with van der Waals surface area (Å²) in [7, 11) is 0. The minimum Gasteiger partial charge on any atom is -0.142 e. The van der Waals surface area contributed by atoms with Crippen molar-refractivity contribution in [2.24, 2.45) is 0 Å². The predicted molar refractivity (Wildman–Crippen MR) is 71.0 cm³/mol. The van der Waals surface area contributed by atoms with Crippen molar-refractivity contribution in [2.45, 2.75) is 17.1 Å². The summed E-state index contributed by atoms with van der Waals surface area (Å²) < 4.78 is 1.43. The summed E-state index contributed by atoms with van der Waals surface area (Å²) in [5.74, 6) is 0. The maximum absolute atomic E-state index is 3.53. The number of fused-ring (bicyclic) bond motifs is 1. The summed E-state index contributed by atoms with van der Waals surface area (Å²) in [4.78, 5) is 1.40. The second-order valence-electron chi connectivity index (χ2n) is 3.24. The smallest absolute Gasteiger partial charge is 0.0481 e. The molecule has 0 spiro atoms. The Kier molecular flexibility index (Phi) is 3.20. The Morgan fingerprint density at radius 3 is 2.86 bits per heavy atom. The maximum Gasteiger partial charge on any atom is 0.0481 e. The van der Waals surface area contributed by atoms with Gasteiger partial charge in [-0.1, -0.05) is 22.0 Å². The molecule has 0 unspecified atom stereocenters. The molecule has 1 aromatic heterocycles. The number of hydrogen-bond donors (Lipinski definition) is 0. The van der Waals surface area contributed by atoms with Crippen LogP contribution in [-0.4, -0.2) is 6.26 Å². The Labute approximate surface area is 101 Å². The van der Waals surface area contributed by atoms with Crippen molar-refractivity contribution in [1.29, 1.82) is 0 Å². The first kappa shape index (κ1) is 10.5. The lowest BCUT2D eigenvalue weighted by molar-refractivity contribution is 1.42. The summed E-state index contributed by atoms with van der Waals surface area (Å²) in [6.45, 7) is 2.16. The Balaban J connectivity index is 2.76. The fraction of sp³-hybridized carbons (Fsp3) is 0.273. The first-order valence-corrected chi connectivity index (χ1v) is 7.59. The first-order chi connectivity index (χ1) is 6.76. The van der Waals surface area contributed by atoms with Crippen LogP contribution in [0.3, 0.4) is 0 Å². The quantitative estimate of drug-likeness (QED) is 0.563. The van der Waals surface area contributed by atoms with E-state index in [9.17, 15) is 0 Å². The Bertz CT molecular complexity index is 460. The van der Waals surface area contributed by atoms with E-state index < -0.39 is 0 Å². The molecule has 1 heterocycles. The lowest BCUT2D eigenvalue weighted by Gasteiger charge is -2.02. The highest BCUT2D eigenvalue weighted by atomic mass is 79.9. The van der Waals surface area contributed by atoms with Gasteiger partial charge in [-0.3, -0.25) is 0 Å². The summed E-state index contributed by atoms with van der Waals surface area (Å²) in [5, 5.41) is 4.61. The van der Waals surface area contributed by atoms with Crippen LogP contribution in [0.25, 0.3) is 10.1 Å². The number of alkyl halides is 1. The molecule has 0 radical (unpaired) electrons. The largest absolute Gasteiger partial charge is 0.142 e. The molecule has 0 saturated carbocycles. The molecule has 74 valence electrons. The zero-order valence-corrected chi connectivity index (χ0v) is 11.4. The van der Waals surface area contributed by atoms with Gasteiger partial charge < -0.3 is 0 Å². The molecule has 0 aliphatic rings. The number of benzene rings is 1. The molecule has 2 rings (SSSR count). The van der Waals surface area contributed by atoms with Gasteiger partial charge in [-0.05, 0) is 41.1 Å². The van der Waals surface area contributed by atoms with Crippen LogP contribution in [0, 0.1) is 6.92 Å². The van der Waals surface area contributed by atoms with E-state index in [4.69, 9.17) is 0 Å². The van der Waals surface area contributed by atoms with E-state index in [1.165, 1.54) is 26.1 Å². The molecule has 0 aliphatic carbocycles. The summed E-state index contributed by atoms with van der Waals surface area (Å²) in [6.07, 6.45) is 2.14. The van der Waals surface area contributed by atoms with Gasteiger partial charge in [-0.25, -0.2) is 0 Å². The number of thioether (sulfide) groups is 1. The van der Waals surface area contributed by atoms with Crippen LogP contribution in [0.4, 0.5) is 0 Å². The molecule has 2 aromatic rings. The fourth-order valence-electron chi connectivity index (χ4n) is 1.55. The third kappa shape index (κ3) is 1.73. The summed E-state index contributed by atoms with van der Waals surface area (Å²) >= 11 is 7.21. The van der Waals surface area contributed by atoms with Crippen molar-refractivity contribution in [2.75, 3.05) is 6.26 Å². The Morgan fingerprint density at radius 2 is 2.21 bits per heavy atom. The van der Waals surface area contributed by atoms with Gasteiger partial charge in [-0.2, -0.15) is 0 Å². The highest BCUT2D eigenvalue weighted by Gasteiger charge is 2.07. The van der Waals surface area contributed by atoms with Crippen LogP contribution in [0.5, 0.6) is 0 Å². The van der Waals surface area contributed by atoms with Gasteiger partial charge in [0, 0.05) is 14.9 Å². The molecule has 0 aliphatic heterocycles. The maximum atomic E-state index is 3.53. The average molecular weight is 287 g/mol. The van der Waals surface area contributed by atoms with E-state index in [-0.39, 0.29) is 0 Å². The van der Waals surface area contributed by atoms with Gasteiger partial charge in [0.15, 0.2) is 0 Å². The molecule has 3 heteroatoms.